The minimum atomic E-state index is 0.909. The van der Waals surface area contributed by atoms with Crippen LogP contribution in [0.4, 0.5) is 0 Å². The highest BCUT2D eigenvalue weighted by molar-refractivity contribution is 9.10. The molecule has 0 N–H and O–H groups in total. The van der Waals surface area contributed by atoms with Crippen LogP contribution in [0.5, 0.6) is 0 Å². The molecule has 1 aromatic rings. The van der Waals surface area contributed by atoms with Crippen molar-refractivity contribution in [2.45, 2.75) is 44.6 Å². The summed E-state index contributed by atoms with van der Waals surface area (Å²) < 4.78 is 1.16. The molecule has 0 amide bonds. The molecule has 2 aliphatic rings. The molecule has 0 spiro atoms. The first-order valence-corrected chi connectivity index (χ1v) is 8.29. The van der Waals surface area contributed by atoms with E-state index in [4.69, 9.17) is 0 Å². The summed E-state index contributed by atoms with van der Waals surface area (Å²) in [5.74, 6) is 0. The van der Waals surface area contributed by atoms with E-state index in [1.807, 2.05) is 0 Å². The number of hydrogen-bond acceptors (Lipinski definition) is 1. The van der Waals surface area contributed by atoms with Gasteiger partial charge in [0.15, 0.2) is 0 Å². The van der Waals surface area contributed by atoms with Crippen LogP contribution in [0.3, 0.4) is 0 Å². The van der Waals surface area contributed by atoms with E-state index in [0.717, 1.165) is 10.5 Å². The molecule has 1 heterocycles. The van der Waals surface area contributed by atoms with Crippen LogP contribution < -0.4 is 0 Å². The topological polar surface area (TPSA) is 3.24 Å². The van der Waals surface area contributed by atoms with Crippen LogP contribution >= 0.6 is 15.9 Å². The fraction of sp³-hybridized carbons (Fsp3) is 0.529. The van der Waals surface area contributed by atoms with Gasteiger partial charge >= 0.3 is 0 Å². The molecule has 2 fully saturated rings. The lowest BCUT2D eigenvalue weighted by Gasteiger charge is -2.36. The van der Waals surface area contributed by atoms with Crippen molar-refractivity contribution in [2.75, 3.05) is 13.1 Å². The van der Waals surface area contributed by atoms with Crippen LogP contribution in [0.15, 0.2) is 34.3 Å². The van der Waals surface area contributed by atoms with Gasteiger partial charge in [-0.2, -0.15) is 0 Å². The zero-order valence-corrected chi connectivity index (χ0v) is 13.0. The van der Waals surface area contributed by atoms with Gasteiger partial charge in [-0.3, -0.25) is 0 Å². The SMILES string of the molecule is Brc1ccc(C=C2CCCN(C3CCC3)CC2)cc1. The highest BCUT2D eigenvalue weighted by atomic mass is 79.9. The summed E-state index contributed by atoms with van der Waals surface area (Å²) in [6.45, 7) is 2.58. The first-order valence-electron chi connectivity index (χ1n) is 7.50. The average molecular weight is 320 g/mol. The zero-order valence-electron chi connectivity index (χ0n) is 11.4. The monoisotopic (exact) mass is 319 g/mol. The average Bonchev–Trinajstić information content (AvgIpc) is 2.56. The van der Waals surface area contributed by atoms with Crippen molar-refractivity contribution < 1.29 is 0 Å². The Morgan fingerprint density at radius 2 is 1.79 bits per heavy atom. The van der Waals surface area contributed by atoms with E-state index < -0.39 is 0 Å². The summed E-state index contributed by atoms with van der Waals surface area (Å²) in [5.41, 5.74) is 2.97. The number of likely N-dealkylation sites (tertiary alicyclic amines) is 1. The second kappa shape index (κ2) is 6.23. The van der Waals surface area contributed by atoms with Crippen molar-refractivity contribution in [1.82, 2.24) is 4.90 Å². The Balaban J connectivity index is 1.63. The van der Waals surface area contributed by atoms with Gasteiger partial charge in [-0.25, -0.2) is 0 Å². The molecule has 19 heavy (non-hydrogen) atoms. The van der Waals surface area contributed by atoms with E-state index in [9.17, 15) is 0 Å². The molecule has 2 heteroatoms. The standard InChI is InChI=1S/C17H22BrN/c18-16-8-6-15(7-9-16)13-14-3-2-11-19(12-10-14)17-4-1-5-17/h6-9,13,17H,1-5,10-12H2. The zero-order chi connectivity index (χ0) is 13.1. The first kappa shape index (κ1) is 13.4. The lowest BCUT2D eigenvalue weighted by molar-refractivity contribution is 0.133. The Morgan fingerprint density at radius 3 is 2.47 bits per heavy atom. The van der Waals surface area contributed by atoms with Gasteiger partial charge in [0.1, 0.15) is 0 Å². The second-order valence-corrected chi connectivity index (χ2v) is 6.74. The van der Waals surface area contributed by atoms with Gasteiger partial charge in [0.05, 0.1) is 0 Å². The molecule has 1 saturated heterocycles. The van der Waals surface area contributed by atoms with E-state index >= 15 is 0 Å². The molecule has 0 radical (unpaired) electrons. The van der Waals surface area contributed by atoms with Crippen molar-refractivity contribution in [3.8, 4) is 0 Å². The van der Waals surface area contributed by atoms with Crippen molar-refractivity contribution in [1.29, 1.82) is 0 Å². The van der Waals surface area contributed by atoms with Gasteiger partial charge in [-0.05, 0) is 56.3 Å². The largest absolute Gasteiger partial charge is 0.300 e. The minimum Gasteiger partial charge on any atom is -0.300 e. The van der Waals surface area contributed by atoms with Crippen molar-refractivity contribution in [3.63, 3.8) is 0 Å². The summed E-state index contributed by atoms with van der Waals surface area (Å²) in [4.78, 5) is 2.73. The van der Waals surface area contributed by atoms with Crippen LogP contribution in [-0.2, 0) is 0 Å². The highest BCUT2D eigenvalue weighted by Crippen LogP contribution is 2.28. The molecule has 1 nitrogen and oxygen atoms in total. The molecule has 0 atom stereocenters. The van der Waals surface area contributed by atoms with E-state index in [1.165, 1.54) is 57.2 Å². The van der Waals surface area contributed by atoms with Gasteiger partial charge < -0.3 is 4.90 Å². The van der Waals surface area contributed by atoms with Gasteiger partial charge in [-0.15, -0.1) is 0 Å². The highest BCUT2D eigenvalue weighted by Gasteiger charge is 2.25. The number of rotatable bonds is 2. The van der Waals surface area contributed by atoms with Crippen LogP contribution in [0.2, 0.25) is 0 Å². The molecule has 3 rings (SSSR count). The van der Waals surface area contributed by atoms with E-state index in [-0.39, 0.29) is 0 Å². The van der Waals surface area contributed by atoms with E-state index in [1.54, 1.807) is 5.57 Å². The quantitative estimate of drug-likeness (QED) is 0.751. The van der Waals surface area contributed by atoms with E-state index in [0.29, 0.717) is 0 Å². The van der Waals surface area contributed by atoms with Gasteiger partial charge in [-0.1, -0.05) is 46.1 Å². The predicted molar refractivity (Wildman–Crippen MR) is 85.2 cm³/mol. The third kappa shape index (κ3) is 3.49. The van der Waals surface area contributed by atoms with Crippen molar-refractivity contribution in [2.24, 2.45) is 0 Å². The normalized spacial score (nSPS) is 24.2. The van der Waals surface area contributed by atoms with Crippen molar-refractivity contribution in [3.05, 3.63) is 39.9 Å². The molecule has 0 unspecified atom stereocenters. The molecule has 1 aliphatic carbocycles. The summed E-state index contributed by atoms with van der Waals surface area (Å²) >= 11 is 3.49. The Hall–Kier alpha value is -0.600. The maximum absolute atomic E-state index is 3.49. The third-order valence-electron chi connectivity index (χ3n) is 4.50. The van der Waals surface area contributed by atoms with Crippen molar-refractivity contribution >= 4 is 22.0 Å². The fourth-order valence-corrected chi connectivity index (χ4v) is 3.35. The van der Waals surface area contributed by atoms with Gasteiger partial charge in [0, 0.05) is 17.1 Å². The lowest BCUT2D eigenvalue weighted by atomic mass is 9.91. The molecular weight excluding hydrogens is 298 g/mol. The summed E-state index contributed by atoms with van der Waals surface area (Å²) in [7, 11) is 0. The maximum atomic E-state index is 3.49. The molecule has 1 saturated carbocycles. The number of hydrogen-bond donors (Lipinski definition) is 0. The number of nitrogens with zero attached hydrogens (tertiary/aromatic N) is 1. The Morgan fingerprint density at radius 1 is 1.00 bits per heavy atom. The molecule has 0 bridgehead atoms. The summed E-state index contributed by atoms with van der Waals surface area (Å²) in [6, 6.07) is 9.57. The van der Waals surface area contributed by atoms with Crippen LogP contribution in [0, 0.1) is 0 Å². The number of halogens is 1. The fourth-order valence-electron chi connectivity index (χ4n) is 3.09. The Labute approximate surface area is 124 Å². The maximum Gasteiger partial charge on any atom is 0.0175 e. The Kier molecular flexibility index (Phi) is 4.39. The van der Waals surface area contributed by atoms with Crippen LogP contribution in [0.1, 0.15) is 44.1 Å². The molecular formula is C17H22BrN. The first-order chi connectivity index (χ1) is 9.31. The second-order valence-electron chi connectivity index (χ2n) is 5.83. The van der Waals surface area contributed by atoms with Gasteiger partial charge in [0.2, 0.25) is 0 Å². The molecule has 1 aromatic carbocycles. The van der Waals surface area contributed by atoms with E-state index in [2.05, 4.69) is 51.2 Å². The Bertz CT molecular complexity index is 445. The molecule has 102 valence electrons. The predicted octanol–water partition coefficient (Wildman–Crippen LogP) is 4.87. The third-order valence-corrected chi connectivity index (χ3v) is 5.02. The molecule has 0 aromatic heterocycles. The van der Waals surface area contributed by atoms with Gasteiger partial charge in [0.25, 0.3) is 0 Å². The smallest absolute Gasteiger partial charge is 0.0175 e. The van der Waals surface area contributed by atoms with Crippen LogP contribution in [-0.4, -0.2) is 24.0 Å². The minimum absolute atomic E-state index is 0.909. The summed E-state index contributed by atoms with van der Waals surface area (Å²) in [6.07, 6.45) is 10.6. The number of benzene rings is 1. The van der Waals surface area contributed by atoms with Crippen LogP contribution in [0.25, 0.3) is 6.08 Å². The summed E-state index contributed by atoms with van der Waals surface area (Å²) in [5, 5.41) is 0. The lowest BCUT2D eigenvalue weighted by Crippen LogP contribution is -2.40. The molecule has 1 aliphatic heterocycles.